The Morgan fingerprint density at radius 2 is 2.46 bits per heavy atom. The smallest absolute Gasteiger partial charge is 0.145 e. The molecule has 1 saturated heterocycles. The summed E-state index contributed by atoms with van der Waals surface area (Å²) >= 11 is 0. The van der Waals surface area contributed by atoms with Gasteiger partial charge < -0.3 is 9.47 Å². The standard InChI is InChI=1S/C9H8N2O2/c10-3-7-4-11-2-1-9(7)13-8-5-12-6-8/h1-2,4,8H,5-6H2. The summed E-state index contributed by atoms with van der Waals surface area (Å²) in [5, 5.41) is 8.72. The molecule has 0 saturated carbocycles. The van der Waals surface area contributed by atoms with Crippen LogP contribution in [0.5, 0.6) is 5.75 Å². The molecule has 1 aromatic rings. The van der Waals surface area contributed by atoms with Gasteiger partial charge in [-0.1, -0.05) is 0 Å². The first-order valence-electron chi connectivity index (χ1n) is 3.98. The summed E-state index contributed by atoms with van der Waals surface area (Å²) in [6, 6.07) is 3.71. The van der Waals surface area contributed by atoms with Crippen LogP contribution in [0.25, 0.3) is 0 Å². The second kappa shape index (κ2) is 3.42. The molecule has 1 aliphatic heterocycles. The van der Waals surface area contributed by atoms with Gasteiger partial charge in [-0.05, 0) is 6.07 Å². The summed E-state index contributed by atoms with van der Waals surface area (Å²) in [7, 11) is 0. The van der Waals surface area contributed by atoms with Crippen molar-refractivity contribution in [3.8, 4) is 11.8 Å². The number of pyridine rings is 1. The first-order chi connectivity index (χ1) is 6.40. The van der Waals surface area contributed by atoms with Crippen molar-refractivity contribution in [2.75, 3.05) is 13.2 Å². The van der Waals surface area contributed by atoms with Crippen LogP contribution in [0.3, 0.4) is 0 Å². The molecule has 0 radical (unpaired) electrons. The van der Waals surface area contributed by atoms with Gasteiger partial charge in [-0.2, -0.15) is 5.26 Å². The first-order valence-corrected chi connectivity index (χ1v) is 3.98. The second-order valence-corrected chi connectivity index (χ2v) is 2.76. The zero-order valence-electron chi connectivity index (χ0n) is 6.93. The number of hydrogen-bond acceptors (Lipinski definition) is 4. The molecule has 0 amide bonds. The van der Waals surface area contributed by atoms with E-state index in [2.05, 4.69) is 4.98 Å². The monoisotopic (exact) mass is 176 g/mol. The number of nitriles is 1. The van der Waals surface area contributed by atoms with Crippen LogP contribution in [0.1, 0.15) is 5.56 Å². The molecule has 4 nitrogen and oxygen atoms in total. The van der Waals surface area contributed by atoms with Gasteiger partial charge >= 0.3 is 0 Å². The van der Waals surface area contributed by atoms with Gasteiger partial charge in [0.2, 0.25) is 0 Å². The van der Waals surface area contributed by atoms with Crippen LogP contribution in [-0.4, -0.2) is 24.3 Å². The van der Waals surface area contributed by atoms with Gasteiger partial charge in [0.05, 0.1) is 13.2 Å². The second-order valence-electron chi connectivity index (χ2n) is 2.76. The van der Waals surface area contributed by atoms with E-state index in [-0.39, 0.29) is 6.10 Å². The lowest BCUT2D eigenvalue weighted by Crippen LogP contribution is -2.38. The van der Waals surface area contributed by atoms with Crippen LogP contribution >= 0.6 is 0 Å². The molecule has 0 aliphatic carbocycles. The Balaban J connectivity index is 2.14. The summed E-state index contributed by atoms with van der Waals surface area (Å²) in [5.74, 6) is 0.589. The summed E-state index contributed by atoms with van der Waals surface area (Å²) in [6.45, 7) is 1.21. The molecule has 2 heterocycles. The summed E-state index contributed by atoms with van der Waals surface area (Å²) < 4.78 is 10.4. The number of hydrogen-bond donors (Lipinski definition) is 0. The number of ether oxygens (including phenoxy) is 2. The third-order valence-corrected chi connectivity index (χ3v) is 1.80. The molecule has 0 spiro atoms. The third kappa shape index (κ3) is 1.60. The van der Waals surface area contributed by atoms with E-state index in [4.69, 9.17) is 14.7 Å². The minimum Gasteiger partial charge on any atom is -0.484 e. The highest BCUT2D eigenvalue weighted by Crippen LogP contribution is 2.19. The number of aromatic nitrogens is 1. The van der Waals surface area contributed by atoms with Gasteiger partial charge in [-0.25, -0.2) is 0 Å². The molecule has 1 fully saturated rings. The molecule has 0 N–H and O–H groups in total. The minimum atomic E-state index is 0.0921. The van der Waals surface area contributed by atoms with E-state index in [1.807, 2.05) is 6.07 Å². The molecule has 66 valence electrons. The first kappa shape index (κ1) is 8.02. The molecule has 0 atom stereocenters. The molecule has 1 aromatic heterocycles. The maximum absolute atomic E-state index is 8.72. The minimum absolute atomic E-state index is 0.0921. The lowest BCUT2D eigenvalue weighted by Gasteiger charge is -2.26. The van der Waals surface area contributed by atoms with Crippen LogP contribution in [-0.2, 0) is 4.74 Å². The Kier molecular flexibility index (Phi) is 2.11. The van der Waals surface area contributed by atoms with Gasteiger partial charge in [0.1, 0.15) is 23.5 Å². The van der Waals surface area contributed by atoms with Crippen LogP contribution in [0, 0.1) is 11.3 Å². The molecule has 0 bridgehead atoms. The van der Waals surface area contributed by atoms with Gasteiger partial charge in [-0.15, -0.1) is 0 Å². The molecule has 4 heteroatoms. The molecular formula is C9H8N2O2. The molecule has 0 unspecified atom stereocenters. The molecular weight excluding hydrogens is 168 g/mol. The Hall–Kier alpha value is -1.60. The van der Waals surface area contributed by atoms with Crippen LogP contribution in [0.2, 0.25) is 0 Å². The molecule has 13 heavy (non-hydrogen) atoms. The van der Waals surface area contributed by atoms with E-state index in [1.54, 1.807) is 12.3 Å². The zero-order valence-corrected chi connectivity index (χ0v) is 6.93. The van der Waals surface area contributed by atoms with Gasteiger partial charge in [0.15, 0.2) is 0 Å². The van der Waals surface area contributed by atoms with E-state index in [1.165, 1.54) is 6.20 Å². The fraction of sp³-hybridized carbons (Fsp3) is 0.333. The van der Waals surface area contributed by atoms with E-state index in [0.717, 1.165) is 0 Å². The molecule has 2 rings (SSSR count). The van der Waals surface area contributed by atoms with E-state index in [0.29, 0.717) is 24.5 Å². The molecule has 1 aliphatic rings. The average Bonchev–Trinajstić information content (AvgIpc) is 2.12. The van der Waals surface area contributed by atoms with Gasteiger partial charge in [0, 0.05) is 12.4 Å². The average molecular weight is 176 g/mol. The summed E-state index contributed by atoms with van der Waals surface area (Å²) in [5.41, 5.74) is 0.467. The van der Waals surface area contributed by atoms with Gasteiger partial charge in [0.25, 0.3) is 0 Å². The Morgan fingerprint density at radius 3 is 3.08 bits per heavy atom. The van der Waals surface area contributed by atoms with Crippen molar-refractivity contribution >= 4 is 0 Å². The quantitative estimate of drug-likeness (QED) is 0.666. The lowest BCUT2D eigenvalue weighted by molar-refractivity contribution is -0.0798. The van der Waals surface area contributed by atoms with E-state index in [9.17, 15) is 0 Å². The predicted molar refractivity (Wildman–Crippen MR) is 44.2 cm³/mol. The van der Waals surface area contributed by atoms with Gasteiger partial charge in [-0.3, -0.25) is 4.98 Å². The van der Waals surface area contributed by atoms with E-state index >= 15 is 0 Å². The van der Waals surface area contributed by atoms with Crippen molar-refractivity contribution in [2.45, 2.75) is 6.10 Å². The fourth-order valence-corrected chi connectivity index (χ4v) is 1.03. The summed E-state index contributed by atoms with van der Waals surface area (Å²) in [6.07, 6.45) is 3.19. The normalized spacial score (nSPS) is 15.9. The predicted octanol–water partition coefficient (Wildman–Crippen LogP) is 0.731. The number of nitrogens with zero attached hydrogens (tertiary/aromatic N) is 2. The SMILES string of the molecule is N#Cc1cnccc1OC1COC1. The Bertz CT molecular complexity index is 342. The maximum atomic E-state index is 8.72. The van der Waals surface area contributed by atoms with Crippen LogP contribution in [0.4, 0.5) is 0 Å². The molecule has 0 aromatic carbocycles. The lowest BCUT2D eigenvalue weighted by atomic mass is 10.2. The highest BCUT2D eigenvalue weighted by molar-refractivity contribution is 5.40. The van der Waals surface area contributed by atoms with Crippen molar-refractivity contribution in [3.05, 3.63) is 24.0 Å². The largest absolute Gasteiger partial charge is 0.484 e. The third-order valence-electron chi connectivity index (χ3n) is 1.80. The van der Waals surface area contributed by atoms with Crippen molar-refractivity contribution < 1.29 is 9.47 Å². The highest BCUT2D eigenvalue weighted by Gasteiger charge is 2.21. The van der Waals surface area contributed by atoms with Crippen molar-refractivity contribution in [1.82, 2.24) is 4.98 Å². The van der Waals surface area contributed by atoms with E-state index < -0.39 is 0 Å². The van der Waals surface area contributed by atoms with Crippen LogP contribution in [0.15, 0.2) is 18.5 Å². The highest BCUT2D eigenvalue weighted by atomic mass is 16.6. The Morgan fingerprint density at radius 1 is 1.62 bits per heavy atom. The van der Waals surface area contributed by atoms with Crippen molar-refractivity contribution in [1.29, 1.82) is 5.26 Å². The van der Waals surface area contributed by atoms with Crippen molar-refractivity contribution in [2.24, 2.45) is 0 Å². The fourth-order valence-electron chi connectivity index (χ4n) is 1.03. The zero-order chi connectivity index (χ0) is 9.10. The Labute approximate surface area is 75.7 Å². The maximum Gasteiger partial charge on any atom is 0.145 e. The van der Waals surface area contributed by atoms with Crippen LogP contribution < -0.4 is 4.74 Å². The van der Waals surface area contributed by atoms with Crippen molar-refractivity contribution in [3.63, 3.8) is 0 Å². The topological polar surface area (TPSA) is 55.1 Å². The number of rotatable bonds is 2. The summed E-state index contributed by atoms with van der Waals surface area (Å²) in [4.78, 5) is 3.83.